The number of carbonyl (C=O) groups excluding carboxylic acids is 1. The fraction of sp³-hybridized carbons (Fsp3) is 0.333. The van der Waals surface area contributed by atoms with Crippen LogP contribution in [0.4, 0.5) is 11.4 Å². The summed E-state index contributed by atoms with van der Waals surface area (Å²) in [6, 6.07) is 3.73. The van der Waals surface area contributed by atoms with Crippen molar-refractivity contribution in [3.63, 3.8) is 0 Å². The van der Waals surface area contributed by atoms with Gasteiger partial charge in [0.2, 0.25) is 5.91 Å². The number of aromatic carboxylic acids is 1. The standard InChI is InChI=1S/C12H15N3O4/c13-8-2-1-7(12(17)18)5-9(8)15-3-4-19-6-10(15)11(14)16/h1-2,5,10H,3-4,6,13H2,(H2,14,16)(H,17,18). The number of anilines is 2. The fourth-order valence-corrected chi connectivity index (χ4v) is 2.05. The molecule has 0 saturated carbocycles. The Morgan fingerprint density at radius 3 is 2.79 bits per heavy atom. The van der Waals surface area contributed by atoms with Crippen LogP contribution in [0.5, 0.6) is 0 Å². The van der Waals surface area contributed by atoms with Crippen molar-refractivity contribution in [2.45, 2.75) is 6.04 Å². The van der Waals surface area contributed by atoms with Gasteiger partial charge >= 0.3 is 5.97 Å². The highest BCUT2D eigenvalue weighted by atomic mass is 16.5. The molecule has 0 aromatic heterocycles. The van der Waals surface area contributed by atoms with E-state index in [4.69, 9.17) is 21.3 Å². The number of carboxylic acids is 1. The van der Waals surface area contributed by atoms with Gasteiger partial charge in [0.1, 0.15) is 6.04 Å². The zero-order chi connectivity index (χ0) is 14.0. The minimum Gasteiger partial charge on any atom is -0.478 e. The van der Waals surface area contributed by atoms with E-state index in [1.54, 1.807) is 4.90 Å². The van der Waals surface area contributed by atoms with Gasteiger partial charge in [0.15, 0.2) is 0 Å². The molecule has 0 spiro atoms. The van der Waals surface area contributed by atoms with Crippen molar-refractivity contribution in [3.05, 3.63) is 23.8 Å². The van der Waals surface area contributed by atoms with Crippen molar-refractivity contribution in [1.82, 2.24) is 0 Å². The highest BCUT2D eigenvalue weighted by molar-refractivity contribution is 5.92. The largest absolute Gasteiger partial charge is 0.478 e. The molecule has 19 heavy (non-hydrogen) atoms. The minimum atomic E-state index is -1.05. The predicted octanol–water partition coefficient (Wildman–Crippen LogP) is -0.342. The van der Waals surface area contributed by atoms with Gasteiger partial charge in [-0.15, -0.1) is 0 Å². The number of hydrogen-bond acceptors (Lipinski definition) is 5. The first-order chi connectivity index (χ1) is 9.00. The molecule has 5 N–H and O–H groups in total. The van der Waals surface area contributed by atoms with Gasteiger partial charge in [-0.3, -0.25) is 4.79 Å². The summed E-state index contributed by atoms with van der Waals surface area (Å²) in [5.41, 5.74) is 12.2. The van der Waals surface area contributed by atoms with Gasteiger partial charge in [-0.05, 0) is 18.2 Å². The average molecular weight is 265 g/mol. The van der Waals surface area contributed by atoms with Crippen LogP contribution < -0.4 is 16.4 Å². The molecule has 102 valence electrons. The fourth-order valence-electron chi connectivity index (χ4n) is 2.05. The number of carbonyl (C=O) groups is 2. The molecular formula is C12H15N3O4. The van der Waals surface area contributed by atoms with Crippen LogP contribution >= 0.6 is 0 Å². The van der Waals surface area contributed by atoms with E-state index in [0.717, 1.165) is 0 Å². The summed E-state index contributed by atoms with van der Waals surface area (Å²) in [5.74, 6) is -1.58. The first kappa shape index (κ1) is 13.2. The Hall–Kier alpha value is -2.28. The number of primary amides is 1. The maximum Gasteiger partial charge on any atom is 0.335 e. The Morgan fingerprint density at radius 2 is 2.16 bits per heavy atom. The number of morpholine rings is 1. The molecule has 0 radical (unpaired) electrons. The van der Waals surface area contributed by atoms with Crippen molar-refractivity contribution in [1.29, 1.82) is 0 Å². The number of amides is 1. The molecule has 1 saturated heterocycles. The lowest BCUT2D eigenvalue weighted by Gasteiger charge is -2.36. The number of nitrogen functional groups attached to an aromatic ring is 1. The number of benzene rings is 1. The van der Waals surface area contributed by atoms with Crippen LogP contribution in [0.3, 0.4) is 0 Å². The number of carboxylic acid groups (broad SMARTS) is 1. The summed E-state index contributed by atoms with van der Waals surface area (Å²) >= 11 is 0. The molecule has 1 aliphatic heterocycles. The van der Waals surface area contributed by atoms with Crippen molar-refractivity contribution in [2.75, 3.05) is 30.4 Å². The quantitative estimate of drug-likeness (QED) is 0.643. The van der Waals surface area contributed by atoms with Crippen LogP contribution in [0.15, 0.2) is 18.2 Å². The number of rotatable bonds is 3. The van der Waals surface area contributed by atoms with Crippen LogP contribution in [0.25, 0.3) is 0 Å². The Kier molecular flexibility index (Phi) is 3.57. The van der Waals surface area contributed by atoms with E-state index in [-0.39, 0.29) is 12.2 Å². The lowest BCUT2D eigenvalue weighted by molar-refractivity contribution is -0.121. The summed E-state index contributed by atoms with van der Waals surface area (Å²) in [7, 11) is 0. The van der Waals surface area contributed by atoms with Gasteiger partial charge in [0.05, 0.1) is 30.2 Å². The van der Waals surface area contributed by atoms with E-state index < -0.39 is 17.9 Å². The van der Waals surface area contributed by atoms with Crippen molar-refractivity contribution in [3.8, 4) is 0 Å². The maximum absolute atomic E-state index is 11.4. The van der Waals surface area contributed by atoms with Crippen LogP contribution in [-0.2, 0) is 9.53 Å². The van der Waals surface area contributed by atoms with E-state index >= 15 is 0 Å². The average Bonchev–Trinajstić information content (AvgIpc) is 2.39. The van der Waals surface area contributed by atoms with Crippen LogP contribution in [0.1, 0.15) is 10.4 Å². The lowest BCUT2D eigenvalue weighted by Crippen LogP contribution is -2.52. The minimum absolute atomic E-state index is 0.110. The van der Waals surface area contributed by atoms with Crippen LogP contribution in [0, 0.1) is 0 Å². The first-order valence-corrected chi connectivity index (χ1v) is 5.77. The number of nitrogens with two attached hydrogens (primary N) is 2. The maximum atomic E-state index is 11.4. The third-order valence-electron chi connectivity index (χ3n) is 3.04. The molecule has 1 amide bonds. The van der Waals surface area contributed by atoms with Gasteiger partial charge in [-0.1, -0.05) is 0 Å². The van der Waals surface area contributed by atoms with Gasteiger partial charge in [-0.2, -0.15) is 0 Å². The summed E-state index contributed by atoms with van der Waals surface area (Å²) in [6.45, 7) is 1.04. The Labute approximate surface area is 109 Å². The first-order valence-electron chi connectivity index (χ1n) is 5.77. The summed E-state index contributed by atoms with van der Waals surface area (Å²) in [5, 5.41) is 9.00. The number of nitrogens with zero attached hydrogens (tertiary/aromatic N) is 1. The summed E-state index contributed by atoms with van der Waals surface area (Å²) in [6.07, 6.45) is 0. The van der Waals surface area contributed by atoms with Gasteiger partial charge in [0.25, 0.3) is 0 Å². The second kappa shape index (κ2) is 5.15. The molecule has 1 aliphatic rings. The Morgan fingerprint density at radius 1 is 1.42 bits per heavy atom. The van der Waals surface area contributed by atoms with Crippen LogP contribution in [0.2, 0.25) is 0 Å². The molecule has 1 unspecified atom stereocenters. The van der Waals surface area contributed by atoms with E-state index in [0.29, 0.717) is 24.5 Å². The molecule has 1 heterocycles. The van der Waals surface area contributed by atoms with E-state index in [2.05, 4.69) is 0 Å². The molecular weight excluding hydrogens is 250 g/mol. The second-order valence-electron chi connectivity index (χ2n) is 4.27. The van der Waals surface area contributed by atoms with E-state index in [9.17, 15) is 9.59 Å². The number of hydrogen-bond donors (Lipinski definition) is 3. The van der Waals surface area contributed by atoms with Gasteiger partial charge in [0, 0.05) is 6.54 Å². The molecule has 1 aromatic carbocycles. The molecule has 0 bridgehead atoms. The molecule has 1 atom stereocenters. The zero-order valence-electron chi connectivity index (χ0n) is 10.2. The van der Waals surface area contributed by atoms with Gasteiger partial charge in [-0.25, -0.2) is 4.79 Å². The lowest BCUT2D eigenvalue weighted by atomic mass is 10.1. The normalized spacial score (nSPS) is 19.2. The van der Waals surface area contributed by atoms with Crippen molar-refractivity contribution < 1.29 is 19.4 Å². The predicted molar refractivity (Wildman–Crippen MR) is 69.0 cm³/mol. The third kappa shape index (κ3) is 2.60. The molecule has 1 aromatic rings. The highest BCUT2D eigenvalue weighted by Crippen LogP contribution is 2.27. The second-order valence-corrected chi connectivity index (χ2v) is 4.27. The van der Waals surface area contributed by atoms with Crippen molar-refractivity contribution in [2.24, 2.45) is 5.73 Å². The monoisotopic (exact) mass is 265 g/mol. The molecule has 1 fully saturated rings. The SMILES string of the molecule is NC(=O)C1COCCN1c1cc(C(=O)O)ccc1N. The van der Waals surface area contributed by atoms with E-state index in [1.807, 2.05) is 0 Å². The molecule has 0 aliphatic carbocycles. The highest BCUT2D eigenvalue weighted by Gasteiger charge is 2.29. The van der Waals surface area contributed by atoms with Crippen molar-refractivity contribution >= 4 is 23.3 Å². The van der Waals surface area contributed by atoms with Gasteiger partial charge < -0.3 is 26.2 Å². The van der Waals surface area contributed by atoms with Crippen LogP contribution in [-0.4, -0.2) is 42.8 Å². The number of ether oxygens (including phenoxy) is 1. The Balaban J connectivity index is 2.40. The smallest absolute Gasteiger partial charge is 0.335 e. The third-order valence-corrected chi connectivity index (χ3v) is 3.04. The zero-order valence-corrected chi connectivity index (χ0v) is 10.2. The topological polar surface area (TPSA) is 119 Å². The molecule has 7 nitrogen and oxygen atoms in total. The summed E-state index contributed by atoms with van der Waals surface area (Å²) in [4.78, 5) is 24.1. The summed E-state index contributed by atoms with van der Waals surface area (Å²) < 4.78 is 5.21. The Bertz CT molecular complexity index is 518. The molecule has 2 rings (SSSR count). The molecule has 7 heteroatoms. The van der Waals surface area contributed by atoms with E-state index in [1.165, 1.54) is 18.2 Å².